The van der Waals surface area contributed by atoms with Crippen molar-refractivity contribution < 1.29 is 19.1 Å². The van der Waals surface area contributed by atoms with Crippen LogP contribution in [0.5, 0.6) is 0 Å². The zero-order valence-electron chi connectivity index (χ0n) is 12.7. The zero-order chi connectivity index (χ0) is 17.1. The van der Waals surface area contributed by atoms with Gasteiger partial charge in [0.15, 0.2) is 5.78 Å². The lowest BCUT2D eigenvalue weighted by Crippen LogP contribution is -2.15. The summed E-state index contributed by atoms with van der Waals surface area (Å²) in [4.78, 5) is 36.4. The predicted octanol–water partition coefficient (Wildman–Crippen LogP) is 3.06. The summed E-state index contributed by atoms with van der Waals surface area (Å²) in [5.74, 6) is -1.35. The fourth-order valence-electron chi connectivity index (χ4n) is 1.98. The minimum absolute atomic E-state index is 0.0666. The number of hydrogen-bond acceptors (Lipinski definition) is 6. The van der Waals surface area contributed by atoms with Crippen molar-refractivity contribution in [1.29, 1.82) is 0 Å². The van der Waals surface area contributed by atoms with Crippen LogP contribution in [0, 0.1) is 6.92 Å². The number of ether oxygens (including phenoxy) is 1. The van der Waals surface area contributed by atoms with Crippen LogP contribution in [0.4, 0.5) is 5.00 Å². The number of nitrogens with zero attached hydrogens (tertiary/aromatic N) is 1. The van der Waals surface area contributed by atoms with Gasteiger partial charge in [0, 0.05) is 0 Å². The Hall–Kier alpha value is -2.19. The summed E-state index contributed by atoms with van der Waals surface area (Å²) >= 11 is 6.86. The summed E-state index contributed by atoms with van der Waals surface area (Å²) in [5.41, 5.74) is 0.717. The standard InChI is InChI=1S/C14H14ClN3O4S/c1-4-22-14(21)9-6(2)11(7(3)19)23-13(9)17-12(20)10-8(15)5-16-18-10/h5H,4H2,1-3H3,(H,16,18)(H,17,20). The van der Waals surface area contributed by atoms with Crippen LogP contribution in [0.15, 0.2) is 6.20 Å². The fraction of sp³-hybridized carbons (Fsp3) is 0.286. The third-order valence-corrected chi connectivity index (χ3v) is 4.59. The number of anilines is 1. The van der Waals surface area contributed by atoms with Gasteiger partial charge in [-0.1, -0.05) is 11.6 Å². The third-order valence-electron chi connectivity index (χ3n) is 2.99. The molecular weight excluding hydrogens is 342 g/mol. The van der Waals surface area contributed by atoms with Crippen molar-refractivity contribution >= 4 is 45.6 Å². The van der Waals surface area contributed by atoms with E-state index in [-0.39, 0.29) is 33.7 Å². The van der Waals surface area contributed by atoms with E-state index in [1.165, 1.54) is 13.1 Å². The summed E-state index contributed by atoms with van der Waals surface area (Å²) in [7, 11) is 0. The third kappa shape index (κ3) is 3.43. The van der Waals surface area contributed by atoms with E-state index in [1.54, 1.807) is 13.8 Å². The maximum absolute atomic E-state index is 12.2. The maximum Gasteiger partial charge on any atom is 0.341 e. The van der Waals surface area contributed by atoms with Crippen LogP contribution >= 0.6 is 22.9 Å². The van der Waals surface area contributed by atoms with Gasteiger partial charge in [-0.05, 0) is 26.3 Å². The monoisotopic (exact) mass is 355 g/mol. The molecule has 7 nitrogen and oxygen atoms in total. The number of esters is 1. The molecule has 0 spiro atoms. The summed E-state index contributed by atoms with van der Waals surface area (Å²) < 4.78 is 5.00. The molecule has 2 heterocycles. The topological polar surface area (TPSA) is 101 Å². The normalized spacial score (nSPS) is 10.4. The van der Waals surface area contributed by atoms with E-state index in [2.05, 4.69) is 15.5 Å². The van der Waals surface area contributed by atoms with Crippen LogP contribution in [0.1, 0.15) is 49.9 Å². The number of aromatic nitrogens is 2. The molecule has 1 amide bonds. The quantitative estimate of drug-likeness (QED) is 0.634. The van der Waals surface area contributed by atoms with E-state index < -0.39 is 11.9 Å². The average molecular weight is 356 g/mol. The Kier molecular flexibility index (Phi) is 5.17. The first-order valence-electron chi connectivity index (χ1n) is 6.68. The van der Waals surface area contributed by atoms with Crippen molar-refractivity contribution in [2.45, 2.75) is 20.8 Å². The Morgan fingerprint density at radius 3 is 2.65 bits per heavy atom. The van der Waals surface area contributed by atoms with E-state index >= 15 is 0 Å². The first kappa shape index (κ1) is 17.2. The molecule has 0 saturated carbocycles. The number of amides is 1. The van der Waals surface area contributed by atoms with Crippen LogP contribution in [0.3, 0.4) is 0 Å². The largest absolute Gasteiger partial charge is 0.462 e. The second-order valence-electron chi connectivity index (χ2n) is 4.58. The highest BCUT2D eigenvalue weighted by Crippen LogP contribution is 2.34. The Labute approximate surface area is 141 Å². The van der Waals surface area contributed by atoms with Gasteiger partial charge in [-0.15, -0.1) is 11.3 Å². The Morgan fingerprint density at radius 2 is 2.13 bits per heavy atom. The number of rotatable bonds is 5. The Bertz CT molecular complexity index is 781. The van der Waals surface area contributed by atoms with Gasteiger partial charge in [0.2, 0.25) is 0 Å². The number of nitrogens with one attached hydrogen (secondary N) is 2. The van der Waals surface area contributed by atoms with E-state index in [4.69, 9.17) is 16.3 Å². The predicted molar refractivity (Wildman–Crippen MR) is 86.6 cm³/mol. The van der Waals surface area contributed by atoms with Gasteiger partial charge >= 0.3 is 5.97 Å². The molecule has 2 N–H and O–H groups in total. The maximum atomic E-state index is 12.2. The van der Waals surface area contributed by atoms with Crippen LogP contribution < -0.4 is 5.32 Å². The number of carbonyl (C=O) groups excluding carboxylic acids is 3. The van der Waals surface area contributed by atoms with Crippen molar-refractivity contribution in [3.05, 3.63) is 32.9 Å². The molecule has 0 unspecified atom stereocenters. The van der Waals surface area contributed by atoms with E-state index in [9.17, 15) is 14.4 Å². The molecule has 0 bridgehead atoms. The number of Topliss-reactive ketones (excluding diaryl/α,β-unsaturated/α-hetero) is 1. The molecule has 0 aliphatic heterocycles. The molecule has 0 aromatic carbocycles. The summed E-state index contributed by atoms with van der Waals surface area (Å²) in [6, 6.07) is 0. The van der Waals surface area contributed by atoms with Crippen molar-refractivity contribution in [3.63, 3.8) is 0 Å². The summed E-state index contributed by atoms with van der Waals surface area (Å²) in [6.45, 7) is 4.89. The lowest BCUT2D eigenvalue weighted by Gasteiger charge is -2.06. The number of ketones is 1. The first-order chi connectivity index (χ1) is 10.9. The highest BCUT2D eigenvalue weighted by molar-refractivity contribution is 7.18. The van der Waals surface area contributed by atoms with Gasteiger partial charge in [0.1, 0.15) is 10.7 Å². The van der Waals surface area contributed by atoms with Crippen molar-refractivity contribution in [2.75, 3.05) is 11.9 Å². The number of hydrogen-bond donors (Lipinski definition) is 2. The lowest BCUT2D eigenvalue weighted by atomic mass is 10.1. The van der Waals surface area contributed by atoms with Crippen LogP contribution in [-0.2, 0) is 4.74 Å². The first-order valence-corrected chi connectivity index (χ1v) is 7.87. The molecule has 9 heteroatoms. The van der Waals surface area contributed by atoms with Gasteiger partial charge in [-0.3, -0.25) is 14.7 Å². The highest BCUT2D eigenvalue weighted by Gasteiger charge is 2.26. The Balaban J connectivity index is 2.42. The molecule has 2 aromatic rings. The van der Waals surface area contributed by atoms with Gasteiger partial charge < -0.3 is 10.1 Å². The molecule has 0 saturated heterocycles. The van der Waals surface area contributed by atoms with Gasteiger partial charge in [-0.25, -0.2) is 4.79 Å². The summed E-state index contributed by atoms with van der Waals surface area (Å²) in [6.07, 6.45) is 1.30. The molecule has 0 atom stereocenters. The molecule has 2 rings (SSSR count). The highest BCUT2D eigenvalue weighted by atomic mass is 35.5. The van der Waals surface area contributed by atoms with Gasteiger partial charge in [0.25, 0.3) is 5.91 Å². The van der Waals surface area contributed by atoms with Crippen molar-refractivity contribution in [1.82, 2.24) is 10.2 Å². The van der Waals surface area contributed by atoms with Crippen molar-refractivity contribution in [3.8, 4) is 0 Å². The lowest BCUT2D eigenvalue weighted by molar-refractivity contribution is 0.0527. The van der Waals surface area contributed by atoms with Crippen LogP contribution in [0.2, 0.25) is 5.02 Å². The molecule has 0 radical (unpaired) electrons. The molecule has 122 valence electrons. The number of aromatic amines is 1. The van der Waals surface area contributed by atoms with E-state index in [0.717, 1.165) is 11.3 Å². The Morgan fingerprint density at radius 1 is 1.43 bits per heavy atom. The minimum atomic E-state index is -0.597. The van der Waals surface area contributed by atoms with E-state index in [1.807, 2.05) is 0 Å². The fourth-order valence-corrected chi connectivity index (χ4v) is 3.24. The second kappa shape index (κ2) is 6.93. The molecule has 0 fully saturated rings. The molecule has 0 aliphatic carbocycles. The van der Waals surface area contributed by atoms with Crippen molar-refractivity contribution in [2.24, 2.45) is 0 Å². The second-order valence-corrected chi connectivity index (χ2v) is 6.01. The van der Waals surface area contributed by atoms with Crippen LogP contribution in [0.25, 0.3) is 0 Å². The number of carbonyl (C=O) groups is 3. The number of thiophene rings is 1. The number of halogens is 1. The van der Waals surface area contributed by atoms with E-state index in [0.29, 0.717) is 10.4 Å². The molecule has 23 heavy (non-hydrogen) atoms. The molecular formula is C14H14ClN3O4S. The zero-order valence-corrected chi connectivity index (χ0v) is 14.2. The smallest absolute Gasteiger partial charge is 0.341 e. The molecule has 0 aliphatic rings. The number of H-pyrrole nitrogens is 1. The minimum Gasteiger partial charge on any atom is -0.462 e. The molecule has 2 aromatic heterocycles. The SMILES string of the molecule is CCOC(=O)c1c(NC(=O)c2[nH]ncc2Cl)sc(C(C)=O)c1C. The van der Waals surface area contributed by atoms with Crippen LogP contribution in [-0.4, -0.2) is 34.5 Å². The van der Waals surface area contributed by atoms with Gasteiger partial charge in [-0.2, -0.15) is 5.10 Å². The summed E-state index contributed by atoms with van der Waals surface area (Å²) in [5, 5.41) is 9.10. The average Bonchev–Trinajstić information content (AvgIpc) is 3.03. The van der Waals surface area contributed by atoms with Gasteiger partial charge in [0.05, 0.1) is 28.3 Å².